The van der Waals surface area contributed by atoms with Crippen LogP contribution in [-0.2, 0) is 6.18 Å². The predicted octanol–water partition coefficient (Wildman–Crippen LogP) is 4.85. The van der Waals surface area contributed by atoms with E-state index in [0.29, 0.717) is 0 Å². The largest absolute Gasteiger partial charge is 0.573 e. The first kappa shape index (κ1) is 16.0. The van der Waals surface area contributed by atoms with Crippen molar-refractivity contribution in [1.29, 1.82) is 0 Å². The van der Waals surface area contributed by atoms with Crippen LogP contribution in [0.5, 0.6) is 5.75 Å². The van der Waals surface area contributed by atoms with Crippen LogP contribution in [0, 0.1) is 0 Å². The standard InChI is InChI=1S/C14H9F6NO/c15-13(16,17)10-6-5-8(7-11(10)21)9-3-1-2-4-12(9)22-14(18,19)20/h1-7H,21H2. The maximum absolute atomic E-state index is 12.6. The lowest BCUT2D eigenvalue weighted by Gasteiger charge is -2.15. The van der Waals surface area contributed by atoms with Crippen LogP contribution in [0.3, 0.4) is 0 Å². The summed E-state index contributed by atoms with van der Waals surface area (Å²) in [5, 5.41) is 0. The van der Waals surface area contributed by atoms with E-state index in [9.17, 15) is 26.3 Å². The quantitative estimate of drug-likeness (QED) is 0.634. The van der Waals surface area contributed by atoms with Gasteiger partial charge in [-0.15, -0.1) is 13.2 Å². The molecule has 2 aromatic rings. The van der Waals surface area contributed by atoms with Gasteiger partial charge >= 0.3 is 12.5 Å². The molecule has 0 fully saturated rings. The molecule has 118 valence electrons. The van der Waals surface area contributed by atoms with Crippen LogP contribution < -0.4 is 10.5 Å². The molecule has 2 rings (SSSR count). The first-order valence-electron chi connectivity index (χ1n) is 5.90. The molecular weight excluding hydrogens is 312 g/mol. The Kier molecular flexibility index (Phi) is 3.95. The number of rotatable bonds is 2. The number of hydrogen-bond donors (Lipinski definition) is 1. The summed E-state index contributed by atoms with van der Waals surface area (Å²) in [5.41, 5.74) is 3.79. The summed E-state index contributed by atoms with van der Waals surface area (Å²) in [6.07, 6.45) is -9.54. The molecule has 2 nitrogen and oxygen atoms in total. The van der Waals surface area contributed by atoms with Crippen molar-refractivity contribution in [2.45, 2.75) is 12.5 Å². The fourth-order valence-electron chi connectivity index (χ4n) is 1.91. The third kappa shape index (κ3) is 3.63. The van der Waals surface area contributed by atoms with E-state index in [0.717, 1.165) is 24.3 Å². The van der Waals surface area contributed by atoms with E-state index in [1.54, 1.807) is 0 Å². The van der Waals surface area contributed by atoms with Crippen molar-refractivity contribution in [1.82, 2.24) is 0 Å². The third-order valence-electron chi connectivity index (χ3n) is 2.78. The van der Waals surface area contributed by atoms with Gasteiger partial charge in [-0.2, -0.15) is 13.2 Å². The summed E-state index contributed by atoms with van der Waals surface area (Å²) in [6.45, 7) is 0. The summed E-state index contributed by atoms with van der Waals surface area (Å²) in [7, 11) is 0. The van der Waals surface area contributed by atoms with Crippen LogP contribution in [0.2, 0.25) is 0 Å². The monoisotopic (exact) mass is 321 g/mol. The first-order valence-corrected chi connectivity index (χ1v) is 5.90. The van der Waals surface area contributed by atoms with Crippen molar-refractivity contribution in [3.8, 4) is 16.9 Å². The molecule has 0 saturated heterocycles. The van der Waals surface area contributed by atoms with Gasteiger partial charge in [0.25, 0.3) is 0 Å². The molecule has 2 N–H and O–H groups in total. The van der Waals surface area contributed by atoms with Gasteiger partial charge < -0.3 is 10.5 Å². The van der Waals surface area contributed by atoms with Crippen LogP contribution in [0.4, 0.5) is 32.0 Å². The van der Waals surface area contributed by atoms with Crippen LogP contribution >= 0.6 is 0 Å². The molecule has 0 unspecified atom stereocenters. The lowest BCUT2D eigenvalue weighted by atomic mass is 10.0. The van der Waals surface area contributed by atoms with Gasteiger partial charge in [0.15, 0.2) is 0 Å². The summed E-state index contributed by atoms with van der Waals surface area (Å²) >= 11 is 0. The Labute approximate surface area is 121 Å². The van der Waals surface area contributed by atoms with Crippen molar-refractivity contribution in [2.75, 3.05) is 5.73 Å². The van der Waals surface area contributed by atoms with Crippen LogP contribution in [-0.4, -0.2) is 6.36 Å². The summed E-state index contributed by atoms with van der Waals surface area (Å²) in [6, 6.07) is 7.83. The normalized spacial score (nSPS) is 12.3. The highest BCUT2D eigenvalue weighted by Crippen LogP contribution is 2.38. The number of nitrogens with two attached hydrogens (primary N) is 1. The highest BCUT2D eigenvalue weighted by molar-refractivity contribution is 5.74. The topological polar surface area (TPSA) is 35.2 Å². The second-order valence-electron chi connectivity index (χ2n) is 4.34. The number of ether oxygens (including phenoxy) is 1. The minimum atomic E-state index is -4.91. The third-order valence-corrected chi connectivity index (χ3v) is 2.78. The minimum absolute atomic E-state index is 0.0137. The van der Waals surface area contributed by atoms with E-state index in [1.165, 1.54) is 18.2 Å². The van der Waals surface area contributed by atoms with Crippen LogP contribution in [0.1, 0.15) is 5.56 Å². The number of anilines is 1. The first-order chi connectivity index (χ1) is 10.1. The zero-order chi connectivity index (χ0) is 16.5. The Morgan fingerprint density at radius 1 is 0.864 bits per heavy atom. The molecular formula is C14H9F6NO. The van der Waals surface area contributed by atoms with Crippen molar-refractivity contribution in [3.63, 3.8) is 0 Å². The molecule has 0 radical (unpaired) electrons. The molecule has 0 saturated carbocycles. The molecule has 0 aromatic heterocycles. The molecule has 22 heavy (non-hydrogen) atoms. The highest BCUT2D eigenvalue weighted by atomic mass is 19.4. The summed E-state index contributed by atoms with van der Waals surface area (Å²) in [4.78, 5) is 0. The maximum atomic E-state index is 12.6. The van der Waals surface area contributed by atoms with E-state index in [4.69, 9.17) is 5.73 Å². The molecule has 0 aliphatic heterocycles. The van der Waals surface area contributed by atoms with Gasteiger partial charge in [0.1, 0.15) is 5.75 Å². The number of alkyl halides is 6. The zero-order valence-corrected chi connectivity index (χ0v) is 10.8. The fraction of sp³-hybridized carbons (Fsp3) is 0.143. The van der Waals surface area contributed by atoms with Crippen molar-refractivity contribution < 1.29 is 31.1 Å². The van der Waals surface area contributed by atoms with E-state index >= 15 is 0 Å². The van der Waals surface area contributed by atoms with Crippen LogP contribution in [0.25, 0.3) is 11.1 Å². The SMILES string of the molecule is Nc1cc(-c2ccccc2OC(F)(F)F)ccc1C(F)(F)F. The van der Waals surface area contributed by atoms with Gasteiger partial charge in [-0.1, -0.05) is 24.3 Å². The van der Waals surface area contributed by atoms with Gasteiger partial charge in [-0.25, -0.2) is 0 Å². The van der Waals surface area contributed by atoms with Gasteiger partial charge in [0.2, 0.25) is 0 Å². The molecule has 0 amide bonds. The smallest absolute Gasteiger partial charge is 0.405 e. The lowest BCUT2D eigenvalue weighted by Crippen LogP contribution is -2.17. The number of para-hydroxylation sites is 1. The van der Waals surface area contributed by atoms with Gasteiger partial charge in [-0.3, -0.25) is 0 Å². The Bertz CT molecular complexity index is 678. The molecule has 8 heteroatoms. The van der Waals surface area contributed by atoms with E-state index in [2.05, 4.69) is 4.74 Å². The number of halogens is 6. The average Bonchev–Trinajstić information content (AvgIpc) is 2.35. The van der Waals surface area contributed by atoms with Crippen molar-refractivity contribution in [2.24, 2.45) is 0 Å². The molecule has 2 aromatic carbocycles. The molecule has 0 aliphatic rings. The van der Waals surface area contributed by atoms with E-state index < -0.39 is 29.5 Å². The molecule has 0 atom stereocenters. The van der Waals surface area contributed by atoms with Crippen LogP contribution in [0.15, 0.2) is 42.5 Å². The number of hydrogen-bond acceptors (Lipinski definition) is 2. The average molecular weight is 321 g/mol. The molecule has 0 heterocycles. The van der Waals surface area contributed by atoms with Gasteiger partial charge in [0, 0.05) is 11.3 Å². The minimum Gasteiger partial charge on any atom is -0.405 e. The molecule has 0 aliphatic carbocycles. The Morgan fingerprint density at radius 2 is 1.50 bits per heavy atom. The summed E-state index contributed by atoms with van der Waals surface area (Å²) < 4.78 is 78.8. The van der Waals surface area contributed by atoms with Gasteiger partial charge in [-0.05, 0) is 23.8 Å². The van der Waals surface area contributed by atoms with Gasteiger partial charge in [0.05, 0.1) is 5.56 Å². The lowest BCUT2D eigenvalue weighted by molar-refractivity contribution is -0.274. The zero-order valence-electron chi connectivity index (χ0n) is 10.8. The molecule has 0 spiro atoms. The Morgan fingerprint density at radius 3 is 2.05 bits per heavy atom. The second kappa shape index (κ2) is 5.43. The number of nitrogen functional groups attached to an aromatic ring is 1. The van der Waals surface area contributed by atoms with E-state index in [-0.39, 0.29) is 11.1 Å². The Hall–Kier alpha value is -2.38. The second-order valence-corrected chi connectivity index (χ2v) is 4.34. The Balaban J connectivity index is 2.47. The highest BCUT2D eigenvalue weighted by Gasteiger charge is 2.34. The fourth-order valence-corrected chi connectivity index (χ4v) is 1.91. The summed E-state index contributed by atoms with van der Waals surface area (Å²) in [5.74, 6) is -0.519. The van der Waals surface area contributed by atoms with Crippen molar-refractivity contribution in [3.05, 3.63) is 48.0 Å². The van der Waals surface area contributed by atoms with E-state index in [1.807, 2.05) is 0 Å². The maximum Gasteiger partial charge on any atom is 0.573 e. The van der Waals surface area contributed by atoms with Crippen molar-refractivity contribution >= 4 is 5.69 Å². The predicted molar refractivity (Wildman–Crippen MR) is 68.0 cm³/mol. The molecule has 0 bridgehead atoms. The number of benzene rings is 2.